The highest BCUT2D eigenvalue weighted by Crippen LogP contribution is 2.31. The Morgan fingerprint density at radius 2 is 1.78 bits per heavy atom. The minimum absolute atomic E-state index is 0.0234. The molecule has 7 heteroatoms. The molecule has 0 spiro atoms. The van der Waals surface area contributed by atoms with Crippen LogP contribution < -0.4 is 14.8 Å². The van der Waals surface area contributed by atoms with Crippen molar-refractivity contribution in [3.05, 3.63) is 54.1 Å². The van der Waals surface area contributed by atoms with E-state index in [2.05, 4.69) is 5.32 Å². The van der Waals surface area contributed by atoms with Gasteiger partial charge in [0.25, 0.3) is 5.91 Å². The number of anilines is 1. The first-order valence-electron chi connectivity index (χ1n) is 6.62. The summed E-state index contributed by atoms with van der Waals surface area (Å²) in [5, 5.41) is 2.57. The van der Waals surface area contributed by atoms with Crippen LogP contribution in [-0.2, 0) is 11.0 Å². The van der Waals surface area contributed by atoms with Gasteiger partial charge in [-0.15, -0.1) is 0 Å². The van der Waals surface area contributed by atoms with Gasteiger partial charge in [0.05, 0.1) is 12.7 Å². The summed E-state index contributed by atoms with van der Waals surface area (Å²) in [4.78, 5) is 11.7. The summed E-state index contributed by atoms with van der Waals surface area (Å²) in [6, 6.07) is 11.0. The van der Waals surface area contributed by atoms with Gasteiger partial charge in [-0.3, -0.25) is 4.79 Å². The van der Waals surface area contributed by atoms with E-state index >= 15 is 0 Å². The second-order valence-electron chi connectivity index (χ2n) is 4.59. The van der Waals surface area contributed by atoms with E-state index in [9.17, 15) is 18.0 Å². The molecule has 0 aliphatic rings. The van der Waals surface area contributed by atoms with E-state index in [0.29, 0.717) is 11.4 Å². The van der Waals surface area contributed by atoms with Crippen LogP contribution in [-0.4, -0.2) is 19.6 Å². The highest BCUT2D eigenvalue weighted by atomic mass is 19.4. The van der Waals surface area contributed by atoms with Gasteiger partial charge >= 0.3 is 6.18 Å². The number of hydrogen-bond acceptors (Lipinski definition) is 3. The van der Waals surface area contributed by atoms with Gasteiger partial charge in [0.2, 0.25) is 0 Å². The van der Waals surface area contributed by atoms with Gasteiger partial charge in [-0.2, -0.15) is 13.2 Å². The van der Waals surface area contributed by atoms with Crippen LogP contribution in [0.3, 0.4) is 0 Å². The van der Waals surface area contributed by atoms with Crippen molar-refractivity contribution in [1.82, 2.24) is 0 Å². The van der Waals surface area contributed by atoms with Gasteiger partial charge in [0, 0.05) is 5.69 Å². The van der Waals surface area contributed by atoms with Crippen LogP contribution in [0.2, 0.25) is 0 Å². The van der Waals surface area contributed by atoms with Gasteiger partial charge < -0.3 is 14.8 Å². The predicted octanol–water partition coefficient (Wildman–Crippen LogP) is 3.73. The molecular weight excluding hydrogens is 311 g/mol. The maximum Gasteiger partial charge on any atom is 0.416 e. The number of carbonyl (C=O) groups is 1. The van der Waals surface area contributed by atoms with Crippen molar-refractivity contribution in [2.24, 2.45) is 0 Å². The first-order valence-corrected chi connectivity index (χ1v) is 6.62. The Balaban J connectivity index is 1.91. The standard InChI is InChI=1S/C16H14F3NO3/c1-22-13-7-5-12(6-8-13)20-15(21)10-23-14-4-2-3-11(9-14)16(17,18)19/h2-9H,10H2,1H3,(H,20,21). The molecule has 2 aromatic carbocycles. The van der Waals surface area contributed by atoms with E-state index in [1.807, 2.05) is 0 Å². The summed E-state index contributed by atoms with van der Waals surface area (Å²) in [5.41, 5.74) is -0.297. The molecule has 0 aromatic heterocycles. The predicted molar refractivity (Wildman–Crippen MR) is 78.6 cm³/mol. The van der Waals surface area contributed by atoms with Gasteiger partial charge in [-0.25, -0.2) is 0 Å². The summed E-state index contributed by atoms with van der Waals surface area (Å²) in [5.74, 6) is 0.139. The Morgan fingerprint density at radius 3 is 2.39 bits per heavy atom. The van der Waals surface area contributed by atoms with Gasteiger partial charge in [-0.05, 0) is 42.5 Å². The highest BCUT2D eigenvalue weighted by Gasteiger charge is 2.30. The molecule has 0 fully saturated rings. The number of hydrogen-bond donors (Lipinski definition) is 1. The lowest BCUT2D eigenvalue weighted by molar-refractivity contribution is -0.137. The fourth-order valence-corrected chi connectivity index (χ4v) is 1.78. The molecule has 4 nitrogen and oxygen atoms in total. The van der Waals surface area contributed by atoms with Gasteiger partial charge in [0.1, 0.15) is 11.5 Å². The number of halogens is 3. The summed E-state index contributed by atoms with van der Waals surface area (Å²) < 4.78 is 47.8. The molecule has 0 atom stereocenters. The number of alkyl halides is 3. The van der Waals surface area contributed by atoms with Gasteiger partial charge in [-0.1, -0.05) is 6.07 Å². The van der Waals surface area contributed by atoms with Crippen molar-refractivity contribution in [1.29, 1.82) is 0 Å². The van der Waals surface area contributed by atoms with Gasteiger partial charge in [0.15, 0.2) is 6.61 Å². The van der Waals surface area contributed by atoms with E-state index in [0.717, 1.165) is 12.1 Å². The molecule has 1 amide bonds. The Labute approximate surface area is 130 Å². The molecule has 2 aromatic rings. The largest absolute Gasteiger partial charge is 0.497 e. The van der Waals surface area contributed by atoms with Crippen molar-refractivity contribution < 1.29 is 27.4 Å². The first kappa shape index (κ1) is 16.7. The number of nitrogens with one attached hydrogen (secondary N) is 1. The highest BCUT2D eigenvalue weighted by molar-refractivity contribution is 5.91. The zero-order valence-electron chi connectivity index (χ0n) is 12.2. The summed E-state index contributed by atoms with van der Waals surface area (Å²) in [7, 11) is 1.52. The molecule has 0 heterocycles. The van der Waals surface area contributed by atoms with Crippen molar-refractivity contribution >= 4 is 11.6 Å². The number of ether oxygens (including phenoxy) is 2. The minimum atomic E-state index is -4.45. The third-order valence-corrected chi connectivity index (χ3v) is 2.91. The fourth-order valence-electron chi connectivity index (χ4n) is 1.78. The molecule has 122 valence electrons. The zero-order valence-corrected chi connectivity index (χ0v) is 12.2. The Hall–Kier alpha value is -2.70. The second kappa shape index (κ2) is 7.04. The molecule has 0 aliphatic heterocycles. The van der Waals surface area contributed by atoms with Crippen LogP contribution in [0.25, 0.3) is 0 Å². The maximum absolute atomic E-state index is 12.6. The van der Waals surface area contributed by atoms with E-state index < -0.39 is 24.3 Å². The van der Waals surface area contributed by atoms with Crippen molar-refractivity contribution in [3.8, 4) is 11.5 Å². The minimum Gasteiger partial charge on any atom is -0.497 e. The molecule has 0 unspecified atom stereocenters. The van der Waals surface area contributed by atoms with Crippen LogP contribution in [0.1, 0.15) is 5.56 Å². The molecule has 1 N–H and O–H groups in total. The van der Waals surface area contributed by atoms with E-state index in [4.69, 9.17) is 9.47 Å². The normalized spacial score (nSPS) is 11.0. The fraction of sp³-hybridized carbons (Fsp3) is 0.188. The summed E-state index contributed by atoms with van der Waals surface area (Å²) >= 11 is 0. The molecule has 23 heavy (non-hydrogen) atoms. The van der Waals surface area contributed by atoms with Crippen LogP contribution in [0.5, 0.6) is 11.5 Å². The average Bonchev–Trinajstić information content (AvgIpc) is 2.53. The van der Waals surface area contributed by atoms with Crippen LogP contribution >= 0.6 is 0 Å². The molecule has 2 rings (SSSR count). The maximum atomic E-state index is 12.6. The molecule has 0 aliphatic carbocycles. The van der Waals surface area contributed by atoms with E-state index in [1.165, 1.54) is 19.2 Å². The Morgan fingerprint density at radius 1 is 1.09 bits per heavy atom. The SMILES string of the molecule is COc1ccc(NC(=O)COc2cccc(C(F)(F)F)c2)cc1. The number of carbonyl (C=O) groups excluding carboxylic acids is 1. The number of methoxy groups -OCH3 is 1. The van der Waals surface area contributed by atoms with Crippen molar-refractivity contribution in [2.45, 2.75) is 6.18 Å². The lowest BCUT2D eigenvalue weighted by Gasteiger charge is -2.10. The zero-order chi connectivity index (χ0) is 16.9. The van der Waals surface area contributed by atoms with E-state index in [-0.39, 0.29) is 5.75 Å². The molecule has 0 saturated heterocycles. The summed E-state index contributed by atoms with van der Waals surface area (Å²) in [6.45, 7) is -0.395. The molecule has 0 saturated carbocycles. The Bertz CT molecular complexity index is 669. The molecule has 0 radical (unpaired) electrons. The van der Waals surface area contributed by atoms with Crippen LogP contribution in [0, 0.1) is 0 Å². The molecule has 0 bridgehead atoms. The lowest BCUT2D eigenvalue weighted by atomic mass is 10.2. The quantitative estimate of drug-likeness (QED) is 0.911. The average molecular weight is 325 g/mol. The van der Waals surface area contributed by atoms with Crippen LogP contribution in [0.4, 0.5) is 18.9 Å². The number of benzene rings is 2. The smallest absolute Gasteiger partial charge is 0.416 e. The second-order valence-corrected chi connectivity index (χ2v) is 4.59. The first-order chi connectivity index (χ1) is 10.9. The van der Waals surface area contributed by atoms with E-state index in [1.54, 1.807) is 24.3 Å². The lowest BCUT2D eigenvalue weighted by Crippen LogP contribution is -2.20. The number of amides is 1. The topological polar surface area (TPSA) is 47.6 Å². The third kappa shape index (κ3) is 4.91. The summed E-state index contributed by atoms with van der Waals surface area (Å²) in [6.07, 6.45) is -4.45. The van der Waals surface area contributed by atoms with Crippen LogP contribution in [0.15, 0.2) is 48.5 Å². The monoisotopic (exact) mass is 325 g/mol. The van der Waals surface area contributed by atoms with Crippen molar-refractivity contribution in [3.63, 3.8) is 0 Å². The molecular formula is C16H14F3NO3. The third-order valence-electron chi connectivity index (χ3n) is 2.91. The van der Waals surface area contributed by atoms with Crippen molar-refractivity contribution in [2.75, 3.05) is 19.0 Å². The Kier molecular flexibility index (Phi) is 5.10. The number of rotatable bonds is 5.